The van der Waals surface area contributed by atoms with Crippen molar-refractivity contribution in [1.29, 1.82) is 5.26 Å². The molecule has 1 N–H and O–H groups in total. The molecule has 0 saturated carbocycles. The first-order valence-corrected chi connectivity index (χ1v) is 5.24. The van der Waals surface area contributed by atoms with E-state index < -0.39 is 0 Å². The van der Waals surface area contributed by atoms with Crippen LogP contribution in [0.5, 0.6) is 5.75 Å². The van der Waals surface area contributed by atoms with E-state index in [4.69, 9.17) is 5.26 Å². The van der Waals surface area contributed by atoms with Crippen molar-refractivity contribution in [2.45, 2.75) is 19.9 Å². The Labute approximate surface area is 98.9 Å². The lowest BCUT2D eigenvalue weighted by Crippen LogP contribution is -2.04. The highest BCUT2D eigenvalue weighted by Gasteiger charge is 2.08. The van der Waals surface area contributed by atoms with Crippen molar-refractivity contribution in [1.82, 2.24) is 15.0 Å². The smallest absolute Gasteiger partial charge is 0.115 e. The fraction of sp³-hybridized carbons (Fsp3) is 0.250. The van der Waals surface area contributed by atoms with Crippen LogP contribution in [-0.2, 0) is 13.0 Å². The van der Waals surface area contributed by atoms with Gasteiger partial charge >= 0.3 is 0 Å². The molecule has 0 aliphatic rings. The number of rotatable bonds is 3. The zero-order valence-electron chi connectivity index (χ0n) is 9.46. The fourth-order valence-electron chi connectivity index (χ4n) is 1.56. The summed E-state index contributed by atoms with van der Waals surface area (Å²) < 4.78 is 1.75. The third-order valence-corrected chi connectivity index (χ3v) is 2.59. The van der Waals surface area contributed by atoms with Gasteiger partial charge in [-0.3, -0.25) is 0 Å². The van der Waals surface area contributed by atoms with Gasteiger partial charge < -0.3 is 5.11 Å². The second kappa shape index (κ2) is 4.66. The fourth-order valence-corrected chi connectivity index (χ4v) is 1.56. The molecular formula is C12H12N4O. The van der Waals surface area contributed by atoms with Gasteiger partial charge in [0.2, 0.25) is 0 Å². The summed E-state index contributed by atoms with van der Waals surface area (Å²) in [7, 11) is 0. The third kappa shape index (κ3) is 2.42. The molecule has 0 saturated heterocycles. The lowest BCUT2D eigenvalue weighted by Gasteiger charge is -2.03. The molecule has 17 heavy (non-hydrogen) atoms. The van der Waals surface area contributed by atoms with E-state index in [1.54, 1.807) is 16.8 Å². The van der Waals surface area contributed by atoms with Crippen LogP contribution in [0.3, 0.4) is 0 Å². The van der Waals surface area contributed by atoms with Crippen LogP contribution in [0.2, 0.25) is 0 Å². The van der Waals surface area contributed by atoms with Crippen LogP contribution in [0.15, 0.2) is 24.3 Å². The van der Waals surface area contributed by atoms with E-state index in [2.05, 4.69) is 16.4 Å². The Bertz CT molecular complexity index is 551. The van der Waals surface area contributed by atoms with Crippen molar-refractivity contribution in [3.05, 3.63) is 41.2 Å². The van der Waals surface area contributed by atoms with Gasteiger partial charge in [-0.2, -0.15) is 5.26 Å². The number of benzene rings is 1. The molecule has 0 bridgehead atoms. The molecule has 0 aliphatic carbocycles. The van der Waals surface area contributed by atoms with Crippen molar-refractivity contribution in [3.8, 4) is 11.8 Å². The largest absolute Gasteiger partial charge is 0.508 e. The topological polar surface area (TPSA) is 74.7 Å². The van der Waals surface area contributed by atoms with Gasteiger partial charge in [0.15, 0.2) is 0 Å². The highest BCUT2D eigenvalue weighted by molar-refractivity contribution is 5.26. The van der Waals surface area contributed by atoms with Crippen LogP contribution < -0.4 is 0 Å². The Morgan fingerprint density at radius 3 is 2.71 bits per heavy atom. The van der Waals surface area contributed by atoms with Gasteiger partial charge in [-0.1, -0.05) is 17.3 Å². The van der Waals surface area contributed by atoms with Crippen molar-refractivity contribution in [2.75, 3.05) is 0 Å². The predicted molar refractivity (Wildman–Crippen MR) is 61.3 cm³/mol. The molecule has 2 aromatic rings. The molecular weight excluding hydrogens is 216 g/mol. The summed E-state index contributed by atoms with van der Waals surface area (Å²) in [6.07, 6.45) is 0.279. The van der Waals surface area contributed by atoms with E-state index in [-0.39, 0.29) is 12.2 Å². The molecule has 86 valence electrons. The summed E-state index contributed by atoms with van der Waals surface area (Å²) >= 11 is 0. The third-order valence-electron chi connectivity index (χ3n) is 2.59. The van der Waals surface area contributed by atoms with Crippen molar-refractivity contribution in [2.24, 2.45) is 0 Å². The minimum absolute atomic E-state index is 0.245. The minimum Gasteiger partial charge on any atom is -0.508 e. The van der Waals surface area contributed by atoms with E-state index in [1.807, 2.05) is 19.1 Å². The molecule has 2 rings (SSSR count). The maximum Gasteiger partial charge on any atom is 0.115 e. The Balaban J connectivity index is 2.19. The molecule has 0 unspecified atom stereocenters. The van der Waals surface area contributed by atoms with Crippen LogP contribution in [0.1, 0.15) is 17.0 Å². The maximum absolute atomic E-state index is 9.18. The van der Waals surface area contributed by atoms with E-state index >= 15 is 0 Å². The first-order valence-electron chi connectivity index (χ1n) is 5.24. The average Bonchev–Trinajstić information content (AvgIpc) is 2.65. The average molecular weight is 228 g/mol. The van der Waals surface area contributed by atoms with Gasteiger partial charge in [0.1, 0.15) is 5.75 Å². The second-order valence-electron chi connectivity index (χ2n) is 3.78. The Hall–Kier alpha value is -2.35. The summed E-state index contributed by atoms with van der Waals surface area (Å²) in [5.74, 6) is 0.245. The monoisotopic (exact) mass is 228 g/mol. The van der Waals surface area contributed by atoms with Gasteiger partial charge in [-0.05, 0) is 24.6 Å². The number of nitriles is 1. The molecule has 0 amide bonds. The number of aromatic hydroxyl groups is 1. The summed E-state index contributed by atoms with van der Waals surface area (Å²) in [5, 5.41) is 25.8. The van der Waals surface area contributed by atoms with E-state index in [1.165, 1.54) is 0 Å². The van der Waals surface area contributed by atoms with E-state index in [0.717, 1.165) is 11.3 Å². The zero-order chi connectivity index (χ0) is 12.3. The summed E-state index contributed by atoms with van der Waals surface area (Å²) in [4.78, 5) is 0. The molecule has 0 spiro atoms. The highest BCUT2D eigenvalue weighted by atomic mass is 16.3. The normalized spacial score (nSPS) is 10.1. The number of aromatic nitrogens is 3. The standard InChI is InChI=1S/C12H12N4O/c1-9-12(6-7-13)14-15-16(9)8-10-2-4-11(17)5-3-10/h2-5,17H,6,8H2,1H3. The number of phenolic OH excluding ortho intramolecular Hbond substituents is 1. The highest BCUT2D eigenvalue weighted by Crippen LogP contribution is 2.12. The van der Waals surface area contributed by atoms with Crippen molar-refractivity contribution >= 4 is 0 Å². The predicted octanol–water partition coefficient (Wildman–Crippen LogP) is 1.41. The van der Waals surface area contributed by atoms with E-state index in [9.17, 15) is 5.11 Å². The maximum atomic E-state index is 9.18. The lowest BCUT2D eigenvalue weighted by molar-refractivity contribution is 0.475. The number of phenols is 1. The van der Waals surface area contributed by atoms with Crippen LogP contribution >= 0.6 is 0 Å². The Morgan fingerprint density at radius 2 is 2.06 bits per heavy atom. The lowest BCUT2D eigenvalue weighted by atomic mass is 10.2. The molecule has 0 atom stereocenters. The van der Waals surface area contributed by atoms with Crippen molar-refractivity contribution < 1.29 is 5.11 Å². The molecule has 0 radical (unpaired) electrons. The van der Waals surface area contributed by atoms with E-state index in [0.29, 0.717) is 12.2 Å². The number of nitrogens with zero attached hydrogens (tertiary/aromatic N) is 4. The zero-order valence-corrected chi connectivity index (χ0v) is 9.46. The van der Waals surface area contributed by atoms with Gasteiger partial charge in [0, 0.05) is 0 Å². The molecule has 5 nitrogen and oxygen atoms in total. The first kappa shape index (κ1) is 11.1. The molecule has 1 aromatic carbocycles. The minimum atomic E-state index is 0.245. The quantitative estimate of drug-likeness (QED) is 0.861. The Kier molecular flexibility index (Phi) is 3.06. The molecule has 1 aromatic heterocycles. The SMILES string of the molecule is Cc1c(CC#N)nnn1Cc1ccc(O)cc1. The second-order valence-corrected chi connectivity index (χ2v) is 3.78. The van der Waals surface area contributed by atoms with Gasteiger partial charge in [-0.15, -0.1) is 5.10 Å². The van der Waals surface area contributed by atoms with Crippen LogP contribution in [0.25, 0.3) is 0 Å². The van der Waals surface area contributed by atoms with Gasteiger partial charge in [0.25, 0.3) is 0 Å². The molecule has 0 aliphatic heterocycles. The Morgan fingerprint density at radius 1 is 1.35 bits per heavy atom. The molecule has 5 heteroatoms. The first-order chi connectivity index (χ1) is 8.20. The van der Waals surface area contributed by atoms with Gasteiger partial charge in [-0.25, -0.2) is 4.68 Å². The number of hydrogen-bond donors (Lipinski definition) is 1. The summed E-state index contributed by atoms with van der Waals surface area (Å²) in [6.45, 7) is 2.48. The van der Waals surface area contributed by atoms with Crippen LogP contribution in [0, 0.1) is 18.3 Å². The molecule has 1 heterocycles. The van der Waals surface area contributed by atoms with Crippen molar-refractivity contribution in [3.63, 3.8) is 0 Å². The number of hydrogen-bond acceptors (Lipinski definition) is 4. The summed E-state index contributed by atoms with van der Waals surface area (Å²) in [5.41, 5.74) is 2.64. The molecule has 0 fully saturated rings. The van der Waals surface area contributed by atoms with Crippen LogP contribution in [-0.4, -0.2) is 20.1 Å². The summed E-state index contributed by atoms with van der Waals surface area (Å²) in [6, 6.07) is 9.00. The van der Waals surface area contributed by atoms with Crippen LogP contribution in [0.4, 0.5) is 0 Å². The van der Waals surface area contributed by atoms with Gasteiger partial charge in [0.05, 0.1) is 30.4 Å².